The van der Waals surface area contributed by atoms with Crippen LogP contribution in [0.4, 0.5) is 0 Å². The Bertz CT molecular complexity index is 474. The first kappa shape index (κ1) is 11.2. The van der Waals surface area contributed by atoms with Gasteiger partial charge in [-0.3, -0.25) is 0 Å². The number of rotatable bonds is 4. The van der Waals surface area contributed by atoms with Gasteiger partial charge >= 0.3 is 0 Å². The number of hydrogen-bond acceptors (Lipinski definition) is 3. The molecule has 0 aliphatic rings. The molecule has 0 atom stereocenters. The van der Waals surface area contributed by atoms with Crippen molar-refractivity contribution < 1.29 is 9.15 Å². The molecule has 0 saturated heterocycles. The summed E-state index contributed by atoms with van der Waals surface area (Å²) in [5.41, 5.74) is 7.54. The standard InChI is InChI=1S/C13H17NO2/c1-9(2)15-8-12-6-11-4-3-10(7-14)5-13(11)16-12/h3-6,9H,7-8,14H2,1-2H3. The molecule has 16 heavy (non-hydrogen) atoms. The van der Waals surface area contributed by atoms with Crippen molar-refractivity contribution >= 4 is 11.0 Å². The van der Waals surface area contributed by atoms with Crippen LogP contribution in [0.15, 0.2) is 28.7 Å². The minimum absolute atomic E-state index is 0.216. The second kappa shape index (κ2) is 4.68. The molecule has 0 saturated carbocycles. The smallest absolute Gasteiger partial charge is 0.134 e. The molecule has 0 unspecified atom stereocenters. The van der Waals surface area contributed by atoms with Gasteiger partial charge in [-0.05, 0) is 31.5 Å². The van der Waals surface area contributed by atoms with Crippen LogP contribution in [0.25, 0.3) is 11.0 Å². The molecule has 0 aliphatic heterocycles. The first-order chi connectivity index (χ1) is 7.69. The van der Waals surface area contributed by atoms with Crippen LogP contribution in [0, 0.1) is 0 Å². The monoisotopic (exact) mass is 219 g/mol. The lowest BCUT2D eigenvalue weighted by molar-refractivity contribution is 0.0553. The van der Waals surface area contributed by atoms with Crippen molar-refractivity contribution in [1.82, 2.24) is 0 Å². The fourth-order valence-corrected chi connectivity index (χ4v) is 1.58. The van der Waals surface area contributed by atoms with E-state index in [-0.39, 0.29) is 6.10 Å². The quantitative estimate of drug-likeness (QED) is 0.860. The number of furan rings is 1. The summed E-state index contributed by atoms with van der Waals surface area (Å²) >= 11 is 0. The van der Waals surface area contributed by atoms with E-state index in [0.29, 0.717) is 13.2 Å². The van der Waals surface area contributed by atoms with Crippen LogP contribution in [0.1, 0.15) is 25.2 Å². The summed E-state index contributed by atoms with van der Waals surface area (Å²) in [6.45, 7) is 5.07. The topological polar surface area (TPSA) is 48.4 Å². The summed E-state index contributed by atoms with van der Waals surface area (Å²) in [5.74, 6) is 0.859. The van der Waals surface area contributed by atoms with Gasteiger partial charge in [-0.2, -0.15) is 0 Å². The molecule has 2 rings (SSSR count). The maximum atomic E-state index is 5.68. The SMILES string of the molecule is CC(C)OCc1cc2ccc(CN)cc2o1. The van der Waals surface area contributed by atoms with E-state index >= 15 is 0 Å². The second-order valence-corrected chi connectivity index (χ2v) is 4.15. The summed E-state index contributed by atoms with van der Waals surface area (Å²) in [5, 5.41) is 1.10. The fourth-order valence-electron chi connectivity index (χ4n) is 1.58. The average molecular weight is 219 g/mol. The highest BCUT2D eigenvalue weighted by molar-refractivity contribution is 5.78. The van der Waals surface area contributed by atoms with E-state index in [9.17, 15) is 0 Å². The van der Waals surface area contributed by atoms with Crippen LogP contribution in [0.2, 0.25) is 0 Å². The zero-order chi connectivity index (χ0) is 11.5. The van der Waals surface area contributed by atoms with Crippen molar-refractivity contribution in [3.8, 4) is 0 Å². The zero-order valence-electron chi connectivity index (χ0n) is 9.69. The van der Waals surface area contributed by atoms with Gasteiger partial charge in [0.2, 0.25) is 0 Å². The average Bonchev–Trinajstić information content (AvgIpc) is 2.67. The van der Waals surface area contributed by atoms with Crippen molar-refractivity contribution in [1.29, 1.82) is 0 Å². The summed E-state index contributed by atoms with van der Waals surface area (Å²) in [6.07, 6.45) is 0.216. The highest BCUT2D eigenvalue weighted by Gasteiger charge is 2.05. The molecular weight excluding hydrogens is 202 g/mol. The third-order valence-corrected chi connectivity index (χ3v) is 2.43. The Morgan fingerprint density at radius 3 is 2.81 bits per heavy atom. The Morgan fingerprint density at radius 2 is 2.12 bits per heavy atom. The fraction of sp³-hybridized carbons (Fsp3) is 0.385. The van der Waals surface area contributed by atoms with E-state index in [4.69, 9.17) is 14.9 Å². The summed E-state index contributed by atoms with van der Waals surface area (Å²) < 4.78 is 11.2. The van der Waals surface area contributed by atoms with Gasteiger partial charge in [0.15, 0.2) is 0 Å². The number of fused-ring (bicyclic) bond motifs is 1. The highest BCUT2D eigenvalue weighted by Crippen LogP contribution is 2.21. The zero-order valence-corrected chi connectivity index (χ0v) is 9.69. The van der Waals surface area contributed by atoms with Gasteiger partial charge in [0.1, 0.15) is 18.0 Å². The van der Waals surface area contributed by atoms with Gasteiger partial charge in [0.05, 0.1) is 6.10 Å². The summed E-state index contributed by atoms with van der Waals surface area (Å²) in [4.78, 5) is 0. The van der Waals surface area contributed by atoms with Crippen molar-refractivity contribution in [2.24, 2.45) is 5.73 Å². The van der Waals surface area contributed by atoms with Crippen molar-refractivity contribution in [3.05, 3.63) is 35.6 Å². The largest absolute Gasteiger partial charge is 0.459 e. The third-order valence-electron chi connectivity index (χ3n) is 2.43. The molecule has 0 fully saturated rings. The molecule has 3 heteroatoms. The first-order valence-electron chi connectivity index (χ1n) is 5.52. The number of hydrogen-bond donors (Lipinski definition) is 1. The lowest BCUT2D eigenvalue weighted by Crippen LogP contribution is -2.01. The van der Waals surface area contributed by atoms with E-state index in [1.807, 2.05) is 38.1 Å². The van der Waals surface area contributed by atoms with Gasteiger partial charge in [-0.15, -0.1) is 0 Å². The molecule has 86 valence electrons. The van der Waals surface area contributed by atoms with Gasteiger partial charge in [-0.25, -0.2) is 0 Å². The Balaban J connectivity index is 2.22. The Labute approximate surface area is 95.2 Å². The second-order valence-electron chi connectivity index (χ2n) is 4.15. The summed E-state index contributed by atoms with van der Waals surface area (Å²) in [7, 11) is 0. The molecule has 0 aliphatic carbocycles. The van der Waals surface area contributed by atoms with Gasteiger partial charge in [0.25, 0.3) is 0 Å². The Kier molecular flexibility index (Phi) is 3.27. The van der Waals surface area contributed by atoms with E-state index < -0.39 is 0 Å². The lowest BCUT2D eigenvalue weighted by Gasteiger charge is -2.03. The minimum atomic E-state index is 0.216. The van der Waals surface area contributed by atoms with E-state index in [1.54, 1.807) is 0 Å². The van der Waals surface area contributed by atoms with Gasteiger partial charge in [-0.1, -0.05) is 12.1 Å². The molecule has 3 nitrogen and oxygen atoms in total. The number of ether oxygens (including phenoxy) is 1. The van der Waals surface area contributed by atoms with Crippen LogP contribution < -0.4 is 5.73 Å². The molecular formula is C13H17NO2. The van der Waals surface area contributed by atoms with Crippen LogP contribution in [-0.4, -0.2) is 6.10 Å². The molecule has 2 N–H and O–H groups in total. The van der Waals surface area contributed by atoms with Gasteiger partial charge in [0, 0.05) is 11.9 Å². The van der Waals surface area contributed by atoms with Crippen molar-refractivity contribution in [2.75, 3.05) is 0 Å². The number of nitrogens with two attached hydrogens (primary N) is 1. The summed E-state index contributed by atoms with van der Waals surface area (Å²) in [6, 6.07) is 8.04. The van der Waals surface area contributed by atoms with Crippen LogP contribution in [0.3, 0.4) is 0 Å². The molecule has 0 spiro atoms. The van der Waals surface area contributed by atoms with E-state index in [2.05, 4.69) is 0 Å². The maximum absolute atomic E-state index is 5.68. The minimum Gasteiger partial charge on any atom is -0.459 e. The van der Waals surface area contributed by atoms with Crippen molar-refractivity contribution in [3.63, 3.8) is 0 Å². The maximum Gasteiger partial charge on any atom is 0.134 e. The Hall–Kier alpha value is -1.32. The van der Waals surface area contributed by atoms with Crippen molar-refractivity contribution in [2.45, 2.75) is 33.1 Å². The molecule has 0 radical (unpaired) electrons. The molecule has 0 bridgehead atoms. The Morgan fingerprint density at radius 1 is 1.31 bits per heavy atom. The van der Waals surface area contributed by atoms with Crippen LogP contribution in [0.5, 0.6) is 0 Å². The van der Waals surface area contributed by atoms with Crippen LogP contribution in [-0.2, 0) is 17.9 Å². The molecule has 1 heterocycles. The third kappa shape index (κ3) is 2.43. The normalized spacial score (nSPS) is 11.5. The predicted octanol–water partition coefficient (Wildman–Crippen LogP) is 2.82. The predicted molar refractivity (Wildman–Crippen MR) is 64.0 cm³/mol. The lowest BCUT2D eigenvalue weighted by atomic mass is 10.2. The first-order valence-corrected chi connectivity index (χ1v) is 5.52. The molecule has 2 aromatic rings. The van der Waals surface area contributed by atoms with Gasteiger partial charge < -0.3 is 14.9 Å². The molecule has 1 aromatic carbocycles. The van der Waals surface area contributed by atoms with E-state index in [1.165, 1.54) is 0 Å². The number of benzene rings is 1. The molecule has 1 aromatic heterocycles. The van der Waals surface area contributed by atoms with Crippen LogP contribution >= 0.6 is 0 Å². The van der Waals surface area contributed by atoms with E-state index in [0.717, 1.165) is 22.3 Å². The highest BCUT2D eigenvalue weighted by atomic mass is 16.5. The molecule has 0 amide bonds.